The van der Waals surface area contributed by atoms with Crippen LogP contribution in [0.4, 0.5) is 0 Å². The van der Waals surface area contributed by atoms with Gasteiger partial charge in [-0.05, 0) is 44.5 Å². The second-order valence-corrected chi connectivity index (χ2v) is 4.89. The first kappa shape index (κ1) is 17.2. The summed E-state index contributed by atoms with van der Waals surface area (Å²) in [6.07, 6.45) is 0. The Labute approximate surface area is 126 Å². The van der Waals surface area contributed by atoms with Crippen LogP contribution in [0, 0.1) is 18.8 Å². The minimum atomic E-state index is -0.168. The van der Waals surface area contributed by atoms with E-state index in [1.807, 2.05) is 32.9 Å². The van der Waals surface area contributed by atoms with Gasteiger partial charge in [0.1, 0.15) is 6.61 Å². The third-order valence-electron chi connectivity index (χ3n) is 3.32. The lowest BCUT2D eigenvalue weighted by atomic mass is 10.0. The van der Waals surface area contributed by atoms with Crippen LogP contribution in [0.2, 0.25) is 0 Å². The molecular weight excluding hydrogens is 266 g/mol. The Kier molecular flexibility index (Phi) is 6.93. The summed E-state index contributed by atoms with van der Waals surface area (Å²) in [6.45, 7) is 6.81. The van der Waals surface area contributed by atoms with Crippen LogP contribution in [0.25, 0.3) is 0 Å². The average molecular weight is 289 g/mol. The van der Waals surface area contributed by atoms with Gasteiger partial charge in [0.25, 0.3) is 5.91 Å². The van der Waals surface area contributed by atoms with Crippen molar-refractivity contribution >= 4 is 5.91 Å². The average Bonchev–Trinajstić information content (AvgIpc) is 2.46. The van der Waals surface area contributed by atoms with E-state index in [1.165, 1.54) is 0 Å². The predicted octanol–water partition coefficient (Wildman–Crippen LogP) is 1.84. The molecule has 0 radical (unpaired) electrons. The lowest BCUT2D eigenvalue weighted by molar-refractivity contribution is 0.0579. The fourth-order valence-corrected chi connectivity index (χ4v) is 2.22. The number of amides is 1. The Morgan fingerprint density at radius 2 is 2.19 bits per heavy atom. The first-order valence-corrected chi connectivity index (χ1v) is 7.05. The highest BCUT2D eigenvalue weighted by molar-refractivity contribution is 5.94. The maximum absolute atomic E-state index is 12.6. The number of likely N-dealkylation sites (N-methyl/N-ethyl adjacent to an activating group) is 1. The largest absolute Gasteiger partial charge is 0.384 e. The molecule has 0 aliphatic heterocycles. The van der Waals surface area contributed by atoms with Crippen molar-refractivity contribution in [2.24, 2.45) is 0 Å². The fraction of sp³-hybridized carbons (Fsp3) is 0.471. The molecule has 0 saturated heterocycles. The van der Waals surface area contributed by atoms with Crippen molar-refractivity contribution < 1.29 is 14.6 Å². The van der Waals surface area contributed by atoms with E-state index >= 15 is 0 Å². The molecule has 21 heavy (non-hydrogen) atoms. The maximum atomic E-state index is 12.6. The summed E-state index contributed by atoms with van der Waals surface area (Å²) in [5.74, 6) is 5.48. The van der Waals surface area contributed by atoms with Crippen LogP contribution in [0.3, 0.4) is 0 Å². The molecule has 1 aromatic rings. The van der Waals surface area contributed by atoms with Crippen LogP contribution in [0.15, 0.2) is 18.2 Å². The molecule has 4 nitrogen and oxygen atoms in total. The van der Waals surface area contributed by atoms with E-state index in [0.29, 0.717) is 18.7 Å². The Balaban J connectivity index is 2.99. The van der Waals surface area contributed by atoms with E-state index in [2.05, 4.69) is 11.8 Å². The van der Waals surface area contributed by atoms with Crippen LogP contribution in [-0.2, 0) is 4.74 Å². The number of carbonyl (C=O) groups is 1. The number of benzene rings is 1. The molecule has 0 saturated carbocycles. The number of aryl methyl sites for hydroxylation is 1. The zero-order valence-electron chi connectivity index (χ0n) is 13.1. The number of methoxy groups -OCH3 is 1. The van der Waals surface area contributed by atoms with Crippen LogP contribution in [0.5, 0.6) is 0 Å². The summed E-state index contributed by atoms with van der Waals surface area (Å²) in [4.78, 5) is 14.4. The lowest BCUT2D eigenvalue weighted by Crippen LogP contribution is -2.40. The smallest absolute Gasteiger partial charge is 0.254 e. The van der Waals surface area contributed by atoms with Gasteiger partial charge in [0, 0.05) is 24.8 Å². The Morgan fingerprint density at radius 3 is 2.71 bits per heavy atom. The molecule has 1 aromatic carbocycles. The molecule has 0 heterocycles. The standard InChI is InChI=1S/C17H23NO3/c1-5-18(14(3)12-21-4)17(20)16-9-8-15(7-6-10-19)13(2)11-16/h8-9,11,14,19H,5,10,12H2,1-4H3. The monoisotopic (exact) mass is 289 g/mol. The topological polar surface area (TPSA) is 49.8 Å². The number of hydrogen-bond acceptors (Lipinski definition) is 3. The second kappa shape index (κ2) is 8.46. The van der Waals surface area contributed by atoms with Gasteiger partial charge in [-0.3, -0.25) is 4.79 Å². The molecule has 114 valence electrons. The van der Waals surface area contributed by atoms with Gasteiger partial charge in [-0.1, -0.05) is 11.8 Å². The molecule has 0 aromatic heterocycles. The van der Waals surface area contributed by atoms with Crippen LogP contribution >= 0.6 is 0 Å². The summed E-state index contributed by atoms with van der Waals surface area (Å²) in [5.41, 5.74) is 2.40. The summed E-state index contributed by atoms with van der Waals surface area (Å²) in [7, 11) is 1.63. The molecule has 1 N–H and O–H groups in total. The van der Waals surface area contributed by atoms with Crippen molar-refractivity contribution in [1.82, 2.24) is 4.90 Å². The maximum Gasteiger partial charge on any atom is 0.254 e. The minimum Gasteiger partial charge on any atom is -0.384 e. The molecule has 1 rings (SSSR count). The van der Waals surface area contributed by atoms with Gasteiger partial charge < -0.3 is 14.7 Å². The molecule has 1 atom stereocenters. The molecule has 1 amide bonds. The van der Waals surface area contributed by atoms with Gasteiger partial charge in [-0.15, -0.1) is 0 Å². The predicted molar refractivity (Wildman–Crippen MR) is 83.2 cm³/mol. The number of hydrogen-bond donors (Lipinski definition) is 1. The van der Waals surface area contributed by atoms with Gasteiger partial charge in [0.15, 0.2) is 0 Å². The quantitative estimate of drug-likeness (QED) is 0.841. The number of nitrogens with zero attached hydrogens (tertiary/aromatic N) is 1. The molecule has 0 aliphatic carbocycles. The van der Waals surface area contributed by atoms with Gasteiger partial charge >= 0.3 is 0 Å². The Morgan fingerprint density at radius 1 is 1.48 bits per heavy atom. The van der Waals surface area contributed by atoms with E-state index < -0.39 is 0 Å². The number of rotatable bonds is 5. The van der Waals surface area contributed by atoms with Gasteiger partial charge in [-0.25, -0.2) is 0 Å². The van der Waals surface area contributed by atoms with E-state index in [-0.39, 0.29) is 18.6 Å². The number of aliphatic hydroxyl groups is 1. The van der Waals surface area contributed by atoms with Gasteiger partial charge in [0.2, 0.25) is 0 Å². The molecule has 1 unspecified atom stereocenters. The second-order valence-electron chi connectivity index (χ2n) is 4.89. The van der Waals surface area contributed by atoms with Crippen molar-refractivity contribution in [1.29, 1.82) is 0 Å². The molecule has 0 bridgehead atoms. The number of carbonyl (C=O) groups excluding carboxylic acids is 1. The van der Waals surface area contributed by atoms with Crippen molar-refractivity contribution in [2.75, 3.05) is 26.9 Å². The van der Waals surface area contributed by atoms with E-state index in [4.69, 9.17) is 9.84 Å². The summed E-state index contributed by atoms with van der Waals surface area (Å²) in [5, 5.41) is 8.73. The lowest BCUT2D eigenvalue weighted by Gasteiger charge is -2.27. The third kappa shape index (κ3) is 4.59. The highest BCUT2D eigenvalue weighted by atomic mass is 16.5. The van der Waals surface area contributed by atoms with Crippen LogP contribution in [0.1, 0.15) is 35.3 Å². The van der Waals surface area contributed by atoms with E-state index in [1.54, 1.807) is 18.1 Å². The molecule has 0 aliphatic rings. The Hall–Kier alpha value is -1.83. The third-order valence-corrected chi connectivity index (χ3v) is 3.32. The molecule has 4 heteroatoms. The van der Waals surface area contributed by atoms with Crippen molar-refractivity contribution in [3.63, 3.8) is 0 Å². The molecular formula is C17H23NO3. The minimum absolute atomic E-state index is 0.00758. The van der Waals surface area contributed by atoms with Crippen molar-refractivity contribution in [2.45, 2.75) is 26.8 Å². The molecule has 0 spiro atoms. The zero-order valence-corrected chi connectivity index (χ0v) is 13.1. The fourth-order valence-electron chi connectivity index (χ4n) is 2.22. The van der Waals surface area contributed by atoms with Gasteiger partial charge in [0.05, 0.1) is 12.6 Å². The highest BCUT2D eigenvalue weighted by Crippen LogP contribution is 2.14. The van der Waals surface area contributed by atoms with E-state index in [0.717, 1.165) is 11.1 Å². The highest BCUT2D eigenvalue weighted by Gasteiger charge is 2.20. The summed E-state index contributed by atoms with van der Waals surface area (Å²) < 4.78 is 5.12. The molecule has 0 fully saturated rings. The normalized spacial score (nSPS) is 11.5. The number of aliphatic hydroxyl groups excluding tert-OH is 1. The van der Waals surface area contributed by atoms with Crippen LogP contribution in [-0.4, -0.2) is 48.8 Å². The SMILES string of the molecule is CCN(C(=O)c1ccc(C#CCO)c(C)c1)C(C)COC. The van der Waals surface area contributed by atoms with Crippen molar-refractivity contribution in [3.05, 3.63) is 34.9 Å². The van der Waals surface area contributed by atoms with Crippen molar-refractivity contribution in [3.8, 4) is 11.8 Å². The Bertz CT molecular complexity index is 543. The number of ether oxygens (including phenoxy) is 1. The first-order chi connectivity index (χ1) is 10.0. The zero-order chi connectivity index (χ0) is 15.8. The van der Waals surface area contributed by atoms with Gasteiger partial charge in [-0.2, -0.15) is 0 Å². The summed E-state index contributed by atoms with van der Waals surface area (Å²) >= 11 is 0. The first-order valence-electron chi connectivity index (χ1n) is 7.05. The summed E-state index contributed by atoms with van der Waals surface area (Å²) in [6, 6.07) is 5.46. The van der Waals surface area contributed by atoms with Crippen LogP contribution < -0.4 is 0 Å². The van der Waals surface area contributed by atoms with E-state index in [9.17, 15) is 4.79 Å².